The molecule has 6 heteroatoms. The number of nitrogens with one attached hydrogen (secondary N) is 3. The van der Waals surface area contributed by atoms with Crippen molar-refractivity contribution in [1.29, 1.82) is 0 Å². The first-order valence-electron chi connectivity index (χ1n) is 7.27. The smallest absolute Gasteiger partial charge is 0.242 e. The van der Waals surface area contributed by atoms with Crippen LogP contribution in [0.2, 0.25) is 0 Å². The second kappa shape index (κ2) is 7.06. The number of anilines is 2. The van der Waals surface area contributed by atoms with E-state index in [9.17, 15) is 14.0 Å². The zero-order chi connectivity index (χ0) is 16.1. The molecule has 1 aliphatic rings. The summed E-state index contributed by atoms with van der Waals surface area (Å²) in [5.41, 5.74) is 0.689. The molecule has 0 bridgehead atoms. The molecule has 1 aromatic carbocycles. The first kappa shape index (κ1) is 16.0. The predicted octanol–water partition coefficient (Wildman–Crippen LogP) is 2.28. The average molecular weight is 305 g/mol. The molecule has 1 fully saturated rings. The van der Waals surface area contributed by atoms with Crippen LogP contribution in [0.25, 0.3) is 0 Å². The number of benzene rings is 1. The van der Waals surface area contributed by atoms with Crippen LogP contribution in [0.3, 0.4) is 0 Å². The third kappa shape index (κ3) is 4.31. The van der Waals surface area contributed by atoms with Crippen molar-refractivity contribution in [2.75, 3.05) is 17.2 Å². The van der Waals surface area contributed by atoms with E-state index in [4.69, 9.17) is 0 Å². The van der Waals surface area contributed by atoms with Crippen LogP contribution in [0, 0.1) is 11.7 Å². The van der Waals surface area contributed by atoms with Crippen LogP contribution in [0.4, 0.5) is 15.8 Å². The Balaban J connectivity index is 2.00. The topological polar surface area (TPSA) is 70.2 Å². The standard InChI is InChI=1S/C16H20FN3O2/c1-3-8-18-15(21)10(2)19-12-6-7-13(17)14(9-12)20-16(22)11-4-5-11/h3,6-7,9-11,19H,1,4-5,8H2,2H3,(H,18,21)(H,20,22)/t10-/m0/s1. The van der Waals surface area contributed by atoms with E-state index in [-0.39, 0.29) is 23.4 Å². The highest BCUT2D eigenvalue weighted by molar-refractivity contribution is 5.94. The van der Waals surface area contributed by atoms with Crippen molar-refractivity contribution >= 4 is 23.2 Å². The molecular weight excluding hydrogens is 285 g/mol. The van der Waals surface area contributed by atoms with Gasteiger partial charge in [-0.1, -0.05) is 6.08 Å². The number of hydrogen-bond acceptors (Lipinski definition) is 3. The van der Waals surface area contributed by atoms with Crippen LogP contribution >= 0.6 is 0 Å². The van der Waals surface area contributed by atoms with E-state index >= 15 is 0 Å². The van der Waals surface area contributed by atoms with Crippen molar-refractivity contribution in [3.63, 3.8) is 0 Å². The summed E-state index contributed by atoms with van der Waals surface area (Å²) in [6.07, 6.45) is 3.30. The summed E-state index contributed by atoms with van der Waals surface area (Å²) < 4.78 is 13.7. The molecule has 1 aliphatic carbocycles. The normalized spacial score (nSPS) is 14.8. The second-order valence-corrected chi connectivity index (χ2v) is 5.36. The van der Waals surface area contributed by atoms with Crippen molar-refractivity contribution in [1.82, 2.24) is 5.32 Å². The number of halogens is 1. The van der Waals surface area contributed by atoms with E-state index < -0.39 is 11.9 Å². The molecule has 5 nitrogen and oxygen atoms in total. The van der Waals surface area contributed by atoms with Crippen LogP contribution in [0.1, 0.15) is 19.8 Å². The molecule has 22 heavy (non-hydrogen) atoms. The van der Waals surface area contributed by atoms with Gasteiger partial charge in [-0.05, 0) is 38.0 Å². The summed E-state index contributed by atoms with van der Waals surface area (Å²) in [4.78, 5) is 23.5. The molecule has 1 saturated carbocycles. The number of rotatable bonds is 7. The third-order valence-corrected chi connectivity index (χ3v) is 3.37. The zero-order valence-corrected chi connectivity index (χ0v) is 12.5. The minimum Gasteiger partial charge on any atom is -0.374 e. The van der Waals surface area contributed by atoms with Gasteiger partial charge in [0, 0.05) is 18.2 Å². The van der Waals surface area contributed by atoms with E-state index in [0.717, 1.165) is 12.8 Å². The van der Waals surface area contributed by atoms with E-state index in [0.29, 0.717) is 12.2 Å². The fourth-order valence-electron chi connectivity index (χ4n) is 1.93. The SMILES string of the molecule is C=CCNC(=O)[C@H](C)Nc1ccc(F)c(NC(=O)C2CC2)c1. The van der Waals surface area contributed by atoms with E-state index in [1.165, 1.54) is 18.2 Å². The highest BCUT2D eigenvalue weighted by Gasteiger charge is 2.30. The fourth-order valence-corrected chi connectivity index (χ4v) is 1.93. The lowest BCUT2D eigenvalue weighted by Gasteiger charge is -2.16. The second-order valence-electron chi connectivity index (χ2n) is 5.36. The summed E-state index contributed by atoms with van der Waals surface area (Å²) >= 11 is 0. The molecule has 1 aromatic rings. The Morgan fingerprint density at radius 1 is 1.45 bits per heavy atom. The van der Waals surface area contributed by atoms with Crippen molar-refractivity contribution in [3.05, 3.63) is 36.7 Å². The molecule has 2 rings (SSSR count). The molecule has 2 amide bonds. The summed E-state index contributed by atoms with van der Waals surface area (Å²) in [5, 5.41) is 8.22. The van der Waals surface area contributed by atoms with Gasteiger partial charge in [0.05, 0.1) is 5.69 Å². The quantitative estimate of drug-likeness (QED) is 0.677. The van der Waals surface area contributed by atoms with Crippen LogP contribution in [0.15, 0.2) is 30.9 Å². The molecule has 118 valence electrons. The molecule has 0 radical (unpaired) electrons. The highest BCUT2D eigenvalue weighted by atomic mass is 19.1. The third-order valence-electron chi connectivity index (χ3n) is 3.37. The number of hydrogen-bond donors (Lipinski definition) is 3. The first-order chi connectivity index (χ1) is 10.5. The lowest BCUT2D eigenvalue weighted by Crippen LogP contribution is -2.37. The monoisotopic (exact) mass is 305 g/mol. The molecule has 1 atom stereocenters. The Labute approximate surface area is 129 Å². The maximum absolute atomic E-state index is 13.7. The number of carbonyl (C=O) groups excluding carboxylic acids is 2. The van der Waals surface area contributed by atoms with Crippen LogP contribution < -0.4 is 16.0 Å². The van der Waals surface area contributed by atoms with E-state index in [1.807, 2.05) is 0 Å². The average Bonchev–Trinajstić information content (AvgIpc) is 3.32. The number of amides is 2. The van der Waals surface area contributed by atoms with Crippen molar-refractivity contribution in [2.24, 2.45) is 5.92 Å². The molecule has 0 aromatic heterocycles. The minimum atomic E-state index is -0.497. The van der Waals surface area contributed by atoms with Crippen molar-refractivity contribution < 1.29 is 14.0 Å². The lowest BCUT2D eigenvalue weighted by atomic mass is 10.2. The highest BCUT2D eigenvalue weighted by Crippen LogP contribution is 2.31. The first-order valence-corrected chi connectivity index (χ1v) is 7.27. The van der Waals surface area contributed by atoms with Gasteiger partial charge < -0.3 is 16.0 Å². The van der Waals surface area contributed by atoms with Gasteiger partial charge in [0.1, 0.15) is 11.9 Å². The number of carbonyl (C=O) groups is 2. The Bertz CT molecular complexity index is 585. The van der Waals surface area contributed by atoms with Gasteiger partial charge in [-0.3, -0.25) is 9.59 Å². The van der Waals surface area contributed by atoms with Crippen molar-refractivity contribution in [2.45, 2.75) is 25.8 Å². The lowest BCUT2D eigenvalue weighted by molar-refractivity contribution is -0.121. The maximum atomic E-state index is 13.7. The molecule has 0 saturated heterocycles. The zero-order valence-electron chi connectivity index (χ0n) is 12.5. The van der Waals surface area contributed by atoms with Gasteiger partial charge in [0.2, 0.25) is 11.8 Å². The van der Waals surface area contributed by atoms with Gasteiger partial charge in [-0.2, -0.15) is 0 Å². The summed E-state index contributed by atoms with van der Waals surface area (Å²) in [5.74, 6) is -0.844. The molecule has 0 heterocycles. The summed E-state index contributed by atoms with van der Waals surface area (Å²) in [6.45, 7) is 5.61. The van der Waals surface area contributed by atoms with Gasteiger partial charge in [0.25, 0.3) is 0 Å². The Morgan fingerprint density at radius 2 is 2.18 bits per heavy atom. The Morgan fingerprint density at radius 3 is 2.82 bits per heavy atom. The Hall–Kier alpha value is -2.37. The minimum absolute atomic E-state index is 0.000352. The summed E-state index contributed by atoms with van der Waals surface area (Å²) in [7, 11) is 0. The Kier molecular flexibility index (Phi) is 5.14. The molecule has 3 N–H and O–H groups in total. The largest absolute Gasteiger partial charge is 0.374 e. The predicted molar refractivity (Wildman–Crippen MR) is 84.0 cm³/mol. The maximum Gasteiger partial charge on any atom is 0.242 e. The molecule has 0 unspecified atom stereocenters. The van der Waals surface area contributed by atoms with Crippen LogP contribution in [0.5, 0.6) is 0 Å². The fraction of sp³-hybridized carbons (Fsp3) is 0.375. The molecular formula is C16H20FN3O2. The van der Waals surface area contributed by atoms with E-state index in [2.05, 4.69) is 22.5 Å². The van der Waals surface area contributed by atoms with Crippen LogP contribution in [-0.2, 0) is 9.59 Å². The van der Waals surface area contributed by atoms with Crippen molar-refractivity contribution in [3.8, 4) is 0 Å². The van der Waals surface area contributed by atoms with E-state index in [1.54, 1.807) is 13.0 Å². The molecule has 0 spiro atoms. The molecule has 0 aliphatic heterocycles. The van der Waals surface area contributed by atoms with Gasteiger partial charge >= 0.3 is 0 Å². The van der Waals surface area contributed by atoms with Gasteiger partial charge in [-0.15, -0.1) is 6.58 Å². The summed E-state index contributed by atoms with van der Waals surface area (Å²) in [6, 6.07) is 3.79. The van der Waals surface area contributed by atoms with Crippen LogP contribution in [-0.4, -0.2) is 24.4 Å². The van der Waals surface area contributed by atoms with Gasteiger partial charge in [-0.25, -0.2) is 4.39 Å². The van der Waals surface area contributed by atoms with Gasteiger partial charge in [0.15, 0.2) is 0 Å².